The number of anilines is 1. The van der Waals surface area contributed by atoms with Gasteiger partial charge in [0.25, 0.3) is 0 Å². The van der Waals surface area contributed by atoms with Gasteiger partial charge in [0, 0.05) is 60.0 Å². The number of aliphatic hydroxyl groups is 2. The first kappa shape index (κ1) is 62.4. The molecule has 0 bridgehead atoms. The summed E-state index contributed by atoms with van der Waals surface area (Å²) in [6, 6.07) is 23.5. The highest BCUT2D eigenvalue weighted by atomic mass is 16.5. The van der Waals surface area contributed by atoms with E-state index in [1.807, 2.05) is 81.4 Å². The number of carboxylic acids is 1. The molecule has 19 heteroatoms. The lowest BCUT2D eigenvalue weighted by Crippen LogP contribution is -2.19. The molecule has 7 rings (SSSR count). The molecule has 3 heterocycles. The molecule has 0 aliphatic carbocycles. The van der Waals surface area contributed by atoms with Gasteiger partial charge < -0.3 is 55.2 Å². The summed E-state index contributed by atoms with van der Waals surface area (Å²) in [5.41, 5.74) is 22.3. The number of hydrogen-bond acceptors (Lipinski definition) is 17. The van der Waals surface area contributed by atoms with E-state index in [0.717, 1.165) is 33.4 Å². The van der Waals surface area contributed by atoms with E-state index in [-0.39, 0.29) is 30.2 Å². The Bertz CT molecular complexity index is 2910. The van der Waals surface area contributed by atoms with Gasteiger partial charge in [-0.3, -0.25) is 4.79 Å². The average molecular weight is 1050 g/mol. The van der Waals surface area contributed by atoms with Crippen LogP contribution < -0.4 is 11.5 Å². The highest BCUT2D eigenvalue weighted by Crippen LogP contribution is 2.24. The van der Waals surface area contributed by atoms with E-state index < -0.39 is 17.2 Å². The summed E-state index contributed by atoms with van der Waals surface area (Å²) in [5.74, 6) is 2.60. The Morgan fingerprint density at radius 1 is 0.526 bits per heavy atom. The van der Waals surface area contributed by atoms with Crippen LogP contribution >= 0.6 is 0 Å². The Kier molecular flexibility index (Phi) is 24.0. The second kappa shape index (κ2) is 29.3. The van der Waals surface area contributed by atoms with E-state index in [2.05, 4.69) is 75.4 Å². The van der Waals surface area contributed by atoms with E-state index in [9.17, 15) is 24.6 Å². The number of carbonyl (C=O) groups is 3. The number of carboxylic acid groups (broad SMARTS) is 1. The molecule has 0 spiro atoms. The molecule has 19 nitrogen and oxygen atoms in total. The molecule has 0 aliphatic rings. The van der Waals surface area contributed by atoms with Gasteiger partial charge in [-0.15, -0.1) is 0 Å². The molecule has 0 aliphatic heterocycles. The third-order valence-electron chi connectivity index (χ3n) is 11.7. The quantitative estimate of drug-likeness (QED) is 0.0172. The van der Waals surface area contributed by atoms with Gasteiger partial charge in [-0.2, -0.15) is 15.0 Å². The minimum atomic E-state index is -0.916. The zero-order valence-electron chi connectivity index (χ0n) is 46.1. The third kappa shape index (κ3) is 22.7. The predicted octanol–water partition coefficient (Wildman–Crippen LogP) is 10.1. The Morgan fingerprint density at radius 2 is 0.895 bits per heavy atom. The van der Waals surface area contributed by atoms with Gasteiger partial charge in [-0.25, -0.2) is 0 Å². The fraction of sp³-hybridized carbons (Fsp3) is 0.404. The van der Waals surface area contributed by atoms with Gasteiger partial charge in [0.1, 0.15) is 11.6 Å². The number of ketones is 2. The summed E-state index contributed by atoms with van der Waals surface area (Å²) < 4.78 is 15.5. The van der Waals surface area contributed by atoms with Crippen LogP contribution in [-0.2, 0) is 33.6 Å². The number of aryl methyl sites for hydroxylation is 10. The fourth-order valence-electron chi connectivity index (χ4n) is 6.31. The minimum Gasteiger partial charge on any atom is -0.481 e. The first-order chi connectivity index (χ1) is 35.5. The highest BCUT2D eigenvalue weighted by molar-refractivity contribution is 5.97. The molecule has 0 fully saturated rings. The summed E-state index contributed by atoms with van der Waals surface area (Å²) in [5, 5.41) is 50.6. The highest BCUT2D eigenvalue weighted by Gasteiger charge is 2.18. The maximum Gasteiger partial charge on any atom is 0.303 e. The Balaban J connectivity index is 0.000000257. The predicted molar refractivity (Wildman–Crippen MR) is 292 cm³/mol. The van der Waals surface area contributed by atoms with Crippen molar-refractivity contribution in [3.63, 3.8) is 0 Å². The van der Waals surface area contributed by atoms with Gasteiger partial charge >= 0.3 is 5.97 Å². The SMILES string of the molecule is CC(=O)CCC(=O)O.CC(=O)CCc1nc(-c2ccc(C)c(C)c2)no1.Cc1ccc(-c2noc(CCC(C)(C)O)n2)cc1C.Cc1ccc(-c2noc(CCC(C)(C)O)n2)cc1N.Cc1ccc(/C(N)=N/O)cc1C. The third-order valence-corrected chi connectivity index (χ3v) is 11.7. The van der Waals surface area contributed by atoms with Crippen LogP contribution in [0, 0.1) is 48.5 Å². The summed E-state index contributed by atoms with van der Waals surface area (Å²) >= 11 is 0. The first-order valence-electron chi connectivity index (χ1n) is 24.7. The summed E-state index contributed by atoms with van der Waals surface area (Å²) in [6.45, 7) is 24.2. The number of nitrogen functional groups attached to an aromatic ring is 1. The lowest BCUT2D eigenvalue weighted by Gasteiger charge is -2.14. The number of hydrogen-bond donors (Lipinski definition) is 6. The molecule has 0 saturated heterocycles. The molecular weight excluding hydrogens is 971 g/mol. The van der Waals surface area contributed by atoms with Crippen LogP contribution in [0.5, 0.6) is 0 Å². The molecule has 408 valence electrons. The molecule has 0 atom stereocenters. The minimum absolute atomic E-state index is 0.0463. The fourth-order valence-corrected chi connectivity index (χ4v) is 6.31. The zero-order chi connectivity index (χ0) is 56.9. The zero-order valence-corrected chi connectivity index (χ0v) is 46.1. The number of benzene rings is 4. The van der Waals surface area contributed by atoms with Crippen molar-refractivity contribution in [2.75, 3.05) is 5.73 Å². The van der Waals surface area contributed by atoms with E-state index >= 15 is 0 Å². The van der Waals surface area contributed by atoms with Crippen molar-refractivity contribution in [3.05, 3.63) is 135 Å². The van der Waals surface area contributed by atoms with E-state index in [4.69, 9.17) is 35.4 Å². The number of amidine groups is 1. The molecule has 0 amide bonds. The van der Waals surface area contributed by atoms with Crippen LogP contribution in [-0.4, -0.2) is 85.5 Å². The summed E-state index contributed by atoms with van der Waals surface area (Å²) in [7, 11) is 0. The maximum absolute atomic E-state index is 10.9. The number of nitrogens with two attached hydrogens (primary N) is 2. The number of rotatable bonds is 16. The molecule has 3 aromatic heterocycles. The number of aliphatic carboxylic acids is 1. The largest absolute Gasteiger partial charge is 0.481 e. The normalized spacial score (nSPS) is 11.2. The van der Waals surface area contributed by atoms with Gasteiger partial charge in [-0.05, 0) is 166 Å². The number of carbonyl (C=O) groups excluding carboxylic acids is 2. The van der Waals surface area contributed by atoms with E-state index in [0.29, 0.717) is 79.4 Å². The van der Waals surface area contributed by atoms with Crippen molar-refractivity contribution in [1.82, 2.24) is 30.4 Å². The molecule has 0 unspecified atom stereocenters. The van der Waals surface area contributed by atoms with Crippen LogP contribution in [0.25, 0.3) is 34.2 Å². The van der Waals surface area contributed by atoms with Crippen molar-refractivity contribution in [2.24, 2.45) is 10.9 Å². The molecule has 0 saturated carbocycles. The standard InChI is InChI=1S/C15H20N2O2.C14H19N3O2.C14H16N2O2.C9H12N2O.C5H8O3/c1-10-5-6-12(9-11(10)2)14-16-13(19-17-14)7-8-15(3,4)18;1-9-4-5-10(8-11(9)15)13-16-12(19-17-13)6-7-14(2,3)18;1-9-4-6-12(8-10(9)2)14-15-13(18-16-14)7-5-11(3)17;1-6-3-4-8(5-7(6)2)9(10)11-12;1-4(6)2-3-5(7)8/h5-6,9,18H,7-8H2,1-4H3;4-5,8,18H,6-7,15H2,1-3H3;4,6,8H,5,7H2,1-3H3;3-5,12H,1-2H3,(H2,10,11);2-3H2,1H3,(H,7,8). The van der Waals surface area contributed by atoms with Crippen LogP contribution in [0.4, 0.5) is 5.69 Å². The number of aromatic nitrogens is 6. The van der Waals surface area contributed by atoms with Gasteiger partial charge in [0.2, 0.25) is 35.1 Å². The average Bonchev–Trinajstić information content (AvgIpc) is 4.15. The lowest BCUT2D eigenvalue weighted by molar-refractivity contribution is -0.138. The number of nitrogens with zero attached hydrogens (tertiary/aromatic N) is 7. The second-order valence-electron chi connectivity index (χ2n) is 19.9. The van der Waals surface area contributed by atoms with E-state index in [1.54, 1.807) is 34.6 Å². The van der Waals surface area contributed by atoms with E-state index in [1.165, 1.54) is 34.7 Å². The molecule has 8 N–H and O–H groups in total. The maximum atomic E-state index is 10.9. The topological polar surface area (TPSA) is 313 Å². The first-order valence-corrected chi connectivity index (χ1v) is 24.7. The lowest BCUT2D eigenvalue weighted by atomic mass is 10.0. The Morgan fingerprint density at radius 3 is 1.22 bits per heavy atom. The van der Waals surface area contributed by atoms with Crippen molar-refractivity contribution in [1.29, 1.82) is 0 Å². The molecule has 7 aromatic rings. The van der Waals surface area contributed by atoms with Gasteiger partial charge in [0.05, 0.1) is 17.6 Å². The van der Waals surface area contributed by atoms with Crippen molar-refractivity contribution in [2.45, 2.75) is 153 Å². The number of Topliss-reactive ketones (excluding diaryl/α,β-unsaturated/α-hetero) is 2. The van der Waals surface area contributed by atoms with Crippen LogP contribution in [0.3, 0.4) is 0 Å². The van der Waals surface area contributed by atoms with Gasteiger partial charge in [-0.1, -0.05) is 69.2 Å². The smallest absolute Gasteiger partial charge is 0.303 e. The molecular formula is C57H75N9O10. The van der Waals surface area contributed by atoms with Crippen LogP contribution in [0.1, 0.15) is 136 Å². The van der Waals surface area contributed by atoms with Crippen molar-refractivity contribution in [3.8, 4) is 34.2 Å². The summed E-state index contributed by atoms with van der Waals surface area (Å²) in [4.78, 5) is 43.7. The second-order valence-corrected chi connectivity index (χ2v) is 19.9. The van der Waals surface area contributed by atoms with Crippen LogP contribution in [0.2, 0.25) is 0 Å². The molecule has 0 radical (unpaired) electrons. The molecule has 4 aromatic carbocycles. The Labute approximate surface area is 444 Å². The Hall–Kier alpha value is -7.90. The monoisotopic (exact) mass is 1050 g/mol. The van der Waals surface area contributed by atoms with Crippen LogP contribution in [0.15, 0.2) is 91.5 Å². The summed E-state index contributed by atoms with van der Waals surface area (Å²) in [6.07, 6.45) is 3.36. The van der Waals surface area contributed by atoms with Gasteiger partial charge in [0.15, 0.2) is 5.84 Å². The van der Waals surface area contributed by atoms with Crippen molar-refractivity contribution >= 4 is 29.1 Å². The number of oxime groups is 1. The van der Waals surface area contributed by atoms with Crippen molar-refractivity contribution < 1.29 is 48.5 Å². The molecule has 76 heavy (non-hydrogen) atoms.